The normalized spacial score (nSPS) is 18.4. The fourth-order valence-electron chi connectivity index (χ4n) is 3.05. The van der Waals surface area contributed by atoms with Crippen LogP contribution in [-0.2, 0) is 6.54 Å². The van der Waals surface area contributed by atoms with Gasteiger partial charge in [-0.2, -0.15) is 0 Å². The van der Waals surface area contributed by atoms with Gasteiger partial charge in [0, 0.05) is 28.9 Å². The number of hydrogen-bond donors (Lipinski definition) is 0. The molecule has 0 N–H and O–H groups in total. The van der Waals surface area contributed by atoms with Crippen LogP contribution in [0.1, 0.15) is 16.5 Å². The van der Waals surface area contributed by atoms with Gasteiger partial charge in [-0.25, -0.2) is 0 Å². The molecule has 3 aromatic rings. The average molecular weight is 374 g/mol. The van der Waals surface area contributed by atoms with Gasteiger partial charge in [-0.3, -0.25) is 4.90 Å². The van der Waals surface area contributed by atoms with Gasteiger partial charge in [-0.05, 0) is 40.5 Å². The van der Waals surface area contributed by atoms with Crippen LogP contribution in [0.25, 0.3) is 10.8 Å². The second-order valence-corrected chi connectivity index (χ2v) is 8.23. The van der Waals surface area contributed by atoms with E-state index in [1.807, 2.05) is 0 Å². The van der Waals surface area contributed by atoms with Crippen LogP contribution in [0.15, 0.2) is 52.3 Å². The van der Waals surface area contributed by atoms with E-state index in [-0.39, 0.29) is 6.10 Å². The first-order valence-electron chi connectivity index (χ1n) is 7.32. The van der Waals surface area contributed by atoms with E-state index in [0.717, 1.165) is 18.8 Å². The summed E-state index contributed by atoms with van der Waals surface area (Å²) in [6, 6.07) is 16.9. The van der Waals surface area contributed by atoms with Crippen molar-refractivity contribution in [1.82, 2.24) is 4.90 Å². The van der Waals surface area contributed by atoms with Crippen molar-refractivity contribution in [2.75, 3.05) is 13.6 Å². The van der Waals surface area contributed by atoms with Crippen LogP contribution < -0.4 is 4.74 Å². The molecule has 0 bridgehead atoms. The van der Waals surface area contributed by atoms with E-state index in [9.17, 15) is 0 Å². The molecule has 1 unspecified atom stereocenters. The average Bonchev–Trinajstić information content (AvgIpc) is 2.88. The second kappa shape index (κ2) is 5.69. The number of nitrogens with zero attached hydrogens (tertiary/aromatic N) is 1. The summed E-state index contributed by atoms with van der Waals surface area (Å²) >= 11 is 5.42. The Hall–Kier alpha value is -1.36. The molecular weight excluding hydrogens is 358 g/mol. The lowest BCUT2D eigenvalue weighted by Gasteiger charge is -2.30. The molecule has 4 heteroatoms. The van der Waals surface area contributed by atoms with Gasteiger partial charge >= 0.3 is 0 Å². The highest BCUT2D eigenvalue weighted by atomic mass is 79.9. The van der Waals surface area contributed by atoms with Crippen molar-refractivity contribution < 1.29 is 4.74 Å². The number of thiophene rings is 1. The van der Waals surface area contributed by atoms with Crippen molar-refractivity contribution >= 4 is 38.0 Å². The standard InChI is InChI=1S/C18H16BrNOS/c1-20-10-16(14-9-18(19)22-17(14)11-20)21-15-8-4-6-12-5-2-3-7-13(12)15/h2-9,16H,10-11H2,1H3. The summed E-state index contributed by atoms with van der Waals surface area (Å²) in [5.41, 5.74) is 1.32. The van der Waals surface area contributed by atoms with Crippen molar-refractivity contribution in [1.29, 1.82) is 0 Å². The largest absolute Gasteiger partial charge is 0.484 e. The van der Waals surface area contributed by atoms with Crippen LogP contribution in [-0.4, -0.2) is 18.5 Å². The maximum Gasteiger partial charge on any atom is 0.138 e. The van der Waals surface area contributed by atoms with E-state index in [4.69, 9.17) is 4.74 Å². The van der Waals surface area contributed by atoms with Gasteiger partial charge in [-0.1, -0.05) is 36.4 Å². The SMILES string of the molecule is CN1Cc2sc(Br)cc2C(Oc2cccc3ccccc23)C1. The van der Waals surface area contributed by atoms with Gasteiger partial charge in [0.2, 0.25) is 0 Å². The first-order valence-corrected chi connectivity index (χ1v) is 8.93. The summed E-state index contributed by atoms with van der Waals surface area (Å²) in [6.45, 7) is 1.92. The first-order chi connectivity index (χ1) is 10.7. The smallest absolute Gasteiger partial charge is 0.138 e. The molecule has 2 nitrogen and oxygen atoms in total. The van der Waals surface area contributed by atoms with Crippen LogP contribution >= 0.6 is 27.3 Å². The first kappa shape index (κ1) is 14.2. The highest BCUT2D eigenvalue weighted by Crippen LogP contribution is 2.39. The molecule has 0 radical (unpaired) electrons. The number of benzene rings is 2. The highest BCUT2D eigenvalue weighted by Gasteiger charge is 2.27. The van der Waals surface area contributed by atoms with Gasteiger partial charge in [0.05, 0.1) is 3.79 Å². The molecule has 112 valence electrons. The lowest BCUT2D eigenvalue weighted by atomic mass is 10.1. The van der Waals surface area contributed by atoms with Gasteiger partial charge in [-0.15, -0.1) is 11.3 Å². The molecule has 22 heavy (non-hydrogen) atoms. The molecule has 0 saturated heterocycles. The fraction of sp³-hybridized carbons (Fsp3) is 0.222. The number of ether oxygens (including phenoxy) is 1. The van der Waals surface area contributed by atoms with Gasteiger partial charge in [0.1, 0.15) is 11.9 Å². The third kappa shape index (κ3) is 2.56. The Balaban J connectivity index is 1.73. The van der Waals surface area contributed by atoms with Gasteiger partial charge in [0.15, 0.2) is 0 Å². The minimum Gasteiger partial charge on any atom is -0.484 e. The van der Waals surface area contributed by atoms with Crippen LogP contribution in [0, 0.1) is 0 Å². The van der Waals surface area contributed by atoms with E-state index in [1.165, 1.54) is 25.0 Å². The molecule has 2 heterocycles. The zero-order chi connectivity index (χ0) is 15.1. The van der Waals surface area contributed by atoms with Gasteiger partial charge < -0.3 is 4.74 Å². The Labute approximate surface area is 142 Å². The monoisotopic (exact) mass is 373 g/mol. The lowest BCUT2D eigenvalue weighted by molar-refractivity contribution is 0.132. The third-order valence-electron chi connectivity index (χ3n) is 4.07. The number of fused-ring (bicyclic) bond motifs is 2. The topological polar surface area (TPSA) is 12.5 Å². The third-order valence-corrected chi connectivity index (χ3v) is 5.71. The molecular formula is C18H16BrNOS. The molecule has 0 amide bonds. The summed E-state index contributed by atoms with van der Waals surface area (Å²) in [5, 5.41) is 2.39. The zero-order valence-electron chi connectivity index (χ0n) is 12.3. The number of hydrogen-bond acceptors (Lipinski definition) is 3. The van der Waals surface area contributed by atoms with Crippen molar-refractivity contribution in [2.24, 2.45) is 0 Å². The number of likely N-dealkylation sites (N-methyl/N-ethyl adjacent to an activating group) is 1. The van der Waals surface area contributed by atoms with Crippen LogP contribution in [0.4, 0.5) is 0 Å². The minimum atomic E-state index is 0.0853. The number of rotatable bonds is 2. The van der Waals surface area contributed by atoms with E-state index < -0.39 is 0 Å². The molecule has 0 spiro atoms. The Morgan fingerprint density at radius 2 is 2.00 bits per heavy atom. The molecule has 0 aliphatic carbocycles. The van der Waals surface area contributed by atoms with E-state index in [0.29, 0.717) is 0 Å². The zero-order valence-corrected chi connectivity index (χ0v) is 14.7. The van der Waals surface area contributed by atoms with Crippen LogP contribution in [0.2, 0.25) is 0 Å². The van der Waals surface area contributed by atoms with Crippen molar-refractivity contribution in [2.45, 2.75) is 12.6 Å². The van der Waals surface area contributed by atoms with E-state index in [2.05, 4.69) is 76.4 Å². The predicted molar refractivity (Wildman–Crippen MR) is 95.7 cm³/mol. The lowest BCUT2D eigenvalue weighted by Crippen LogP contribution is -2.32. The summed E-state index contributed by atoms with van der Waals surface area (Å²) in [5.74, 6) is 0.965. The molecule has 2 aromatic carbocycles. The Bertz CT molecular complexity index is 824. The molecule has 1 aromatic heterocycles. The minimum absolute atomic E-state index is 0.0853. The summed E-state index contributed by atoms with van der Waals surface area (Å²) in [6.07, 6.45) is 0.0853. The van der Waals surface area contributed by atoms with E-state index >= 15 is 0 Å². The molecule has 1 aliphatic rings. The molecule has 1 aliphatic heterocycles. The molecule has 4 rings (SSSR count). The molecule has 0 saturated carbocycles. The molecule has 1 atom stereocenters. The molecule has 0 fully saturated rings. The predicted octanol–water partition coefficient (Wildman–Crippen LogP) is 5.23. The second-order valence-electron chi connectivity index (χ2n) is 5.71. The van der Waals surface area contributed by atoms with Crippen molar-refractivity contribution in [3.63, 3.8) is 0 Å². The van der Waals surface area contributed by atoms with Crippen LogP contribution in [0.3, 0.4) is 0 Å². The Morgan fingerprint density at radius 1 is 1.18 bits per heavy atom. The maximum atomic E-state index is 6.42. The number of halogens is 1. The Morgan fingerprint density at radius 3 is 2.91 bits per heavy atom. The van der Waals surface area contributed by atoms with Crippen LogP contribution in [0.5, 0.6) is 5.75 Å². The highest BCUT2D eigenvalue weighted by molar-refractivity contribution is 9.11. The van der Waals surface area contributed by atoms with Crippen molar-refractivity contribution in [3.8, 4) is 5.75 Å². The summed E-state index contributed by atoms with van der Waals surface area (Å²) in [7, 11) is 2.15. The summed E-state index contributed by atoms with van der Waals surface area (Å²) in [4.78, 5) is 3.71. The fourth-order valence-corrected chi connectivity index (χ4v) is 4.90. The van der Waals surface area contributed by atoms with Crippen molar-refractivity contribution in [3.05, 3.63) is 62.8 Å². The quantitative estimate of drug-likeness (QED) is 0.609. The van der Waals surface area contributed by atoms with E-state index in [1.54, 1.807) is 11.3 Å². The van der Waals surface area contributed by atoms with Gasteiger partial charge in [0.25, 0.3) is 0 Å². The Kier molecular flexibility index (Phi) is 3.68. The maximum absolute atomic E-state index is 6.42. The summed E-state index contributed by atoms with van der Waals surface area (Å²) < 4.78 is 7.60.